The molecule has 0 fully saturated rings. The maximum absolute atomic E-state index is 7.67. The average Bonchev–Trinajstić information content (AvgIpc) is 3.09. The molecule has 0 unspecified atom stereocenters. The van der Waals surface area contributed by atoms with E-state index in [0.29, 0.717) is 0 Å². The fourth-order valence-corrected chi connectivity index (χ4v) is 6.43. The highest BCUT2D eigenvalue weighted by Crippen LogP contribution is 2.34. The molecule has 0 N–H and O–H groups in total. The van der Waals surface area contributed by atoms with Crippen molar-refractivity contribution in [2.75, 3.05) is 0 Å². The normalized spacial score (nSPS) is 11.7. The highest BCUT2D eigenvalue weighted by molar-refractivity contribution is 6.48. The van der Waals surface area contributed by atoms with Crippen LogP contribution in [0.4, 0.5) is 0 Å². The van der Waals surface area contributed by atoms with Gasteiger partial charge in [0.05, 0.1) is 5.03 Å². The predicted octanol–water partition coefficient (Wildman–Crippen LogP) is 9.82. The van der Waals surface area contributed by atoms with E-state index in [9.17, 15) is 0 Å². The van der Waals surface area contributed by atoms with Crippen LogP contribution in [0.1, 0.15) is 16.7 Å². The van der Waals surface area contributed by atoms with Crippen LogP contribution in [0.2, 0.25) is 0 Å². The van der Waals surface area contributed by atoms with Crippen LogP contribution in [-0.4, -0.2) is 0 Å². The summed E-state index contributed by atoms with van der Waals surface area (Å²) in [5.74, 6) is 0. The minimum absolute atomic E-state index is 0.724. The van der Waals surface area contributed by atoms with E-state index in [0.717, 1.165) is 54.4 Å². The third kappa shape index (κ3) is 5.07. The summed E-state index contributed by atoms with van der Waals surface area (Å²) in [6.45, 7) is 0. The van der Waals surface area contributed by atoms with Crippen LogP contribution in [0.15, 0.2) is 176 Å². The maximum atomic E-state index is 7.67. The second-order valence-corrected chi connectivity index (χ2v) is 10.9. The zero-order chi connectivity index (χ0) is 29.0. The molecule has 0 nitrogen and oxygen atoms in total. The molecule has 0 heterocycles. The molecule has 0 saturated carbocycles. The first-order chi connectivity index (χ1) is 21.3. The van der Waals surface area contributed by atoms with Gasteiger partial charge in [0.15, 0.2) is 0 Å². The van der Waals surface area contributed by atoms with Crippen LogP contribution >= 0.6 is 11.6 Å². The molecule has 0 amide bonds. The Morgan fingerprint density at radius 2 is 0.651 bits per heavy atom. The van der Waals surface area contributed by atoms with Gasteiger partial charge in [0, 0.05) is 10.4 Å². The molecule has 0 aliphatic carbocycles. The van der Waals surface area contributed by atoms with Gasteiger partial charge in [-0.2, -0.15) is 0 Å². The topological polar surface area (TPSA) is 0 Å². The summed E-state index contributed by atoms with van der Waals surface area (Å²) in [5.41, 5.74) is 8.98. The lowest BCUT2D eigenvalue weighted by Crippen LogP contribution is -2.34. The van der Waals surface area contributed by atoms with E-state index >= 15 is 0 Å². The van der Waals surface area contributed by atoms with E-state index in [1.165, 1.54) is 16.3 Å². The van der Waals surface area contributed by atoms with Crippen LogP contribution in [0.25, 0.3) is 43.6 Å². The van der Waals surface area contributed by atoms with Crippen LogP contribution in [0.5, 0.6) is 0 Å². The highest BCUT2D eigenvalue weighted by atomic mass is 35.5. The van der Waals surface area contributed by atoms with Crippen LogP contribution in [0, 0.1) is 0 Å². The van der Waals surface area contributed by atoms with E-state index in [2.05, 4.69) is 170 Å². The molecule has 0 aliphatic rings. The molecule has 43 heavy (non-hydrogen) atoms. The Hall–Kier alpha value is -5.17. The number of rotatable bonds is 5. The average molecular weight is 569 g/mol. The lowest BCUT2D eigenvalue weighted by Gasteiger charge is -2.20. The van der Waals surface area contributed by atoms with Crippen molar-refractivity contribution < 1.29 is 0 Å². The molecule has 0 spiro atoms. The van der Waals surface area contributed by atoms with Crippen LogP contribution in [-0.2, 0) is 0 Å². The summed E-state index contributed by atoms with van der Waals surface area (Å²) in [7, 11) is 0. The van der Waals surface area contributed by atoms with Gasteiger partial charge in [-0.05, 0) is 55.3 Å². The number of benzene rings is 7. The summed E-state index contributed by atoms with van der Waals surface area (Å²) in [6, 6.07) is 61.9. The molecule has 0 saturated heterocycles. The largest absolute Gasteiger partial charge is 0.0830 e. The maximum Gasteiger partial charge on any atom is 0.0563 e. The van der Waals surface area contributed by atoms with E-state index in [1.807, 2.05) is 6.07 Å². The van der Waals surface area contributed by atoms with E-state index < -0.39 is 0 Å². The van der Waals surface area contributed by atoms with Gasteiger partial charge in [0.1, 0.15) is 0 Å². The van der Waals surface area contributed by atoms with Gasteiger partial charge < -0.3 is 0 Å². The number of hydrogen-bond acceptors (Lipinski definition) is 0. The Kier molecular flexibility index (Phi) is 7.44. The smallest absolute Gasteiger partial charge is 0.0563 e. The zero-order valence-electron chi connectivity index (χ0n) is 23.6. The third-order valence-corrected chi connectivity index (χ3v) is 8.37. The molecular weight excluding hydrogens is 540 g/mol. The van der Waals surface area contributed by atoms with Crippen molar-refractivity contribution in [3.63, 3.8) is 0 Å². The number of fused-ring (bicyclic) bond motifs is 1. The first-order valence-electron chi connectivity index (χ1n) is 14.6. The SMILES string of the molecule is Cl/C(c1ccccc1)=c1/c(-c2ccccc2)c2ccccc2c(-c2ccccc2)c1=C(c1ccccc1)c1ccccc1. The number of hydrogen-bond donors (Lipinski definition) is 0. The van der Waals surface area contributed by atoms with E-state index in [1.54, 1.807) is 0 Å². The fraction of sp³-hybridized carbons (Fsp3) is 0. The molecule has 204 valence electrons. The minimum atomic E-state index is 0.724. The highest BCUT2D eigenvalue weighted by Gasteiger charge is 2.20. The van der Waals surface area contributed by atoms with Crippen LogP contribution in [0.3, 0.4) is 0 Å². The Morgan fingerprint density at radius 3 is 1.07 bits per heavy atom. The lowest BCUT2D eigenvalue weighted by molar-refractivity contribution is 1.44. The van der Waals surface area contributed by atoms with Crippen molar-refractivity contribution in [3.05, 3.63) is 203 Å². The van der Waals surface area contributed by atoms with Gasteiger partial charge >= 0.3 is 0 Å². The van der Waals surface area contributed by atoms with Gasteiger partial charge in [-0.15, -0.1) is 0 Å². The molecule has 7 aromatic carbocycles. The van der Waals surface area contributed by atoms with Gasteiger partial charge in [-0.25, -0.2) is 0 Å². The second kappa shape index (κ2) is 12.0. The summed E-state index contributed by atoms with van der Waals surface area (Å²) >= 11 is 7.67. The Bertz CT molecular complexity index is 2090. The minimum Gasteiger partial charge on any atom is -0.0830 e. The van der Waals surface area contributed by atoms with Crippen molar-refractivity contribution in [2.24, 2.45) is 0 Å². The van der Waals surface area contributed by atoms with Crippen molar-refractivity contribution in [1.29, 1.82) is 0 Å². The first kappa shape index (κ1) is 26.7. The van der Waals surface area contributed by atoms with Gasteiger partial charge in [-0.3, -0.25) is 0 Å². The molecule has 0 aliphatic heterocycles. The Labute approximate surface area is 257 Å². The van der Waals surface area contributed by atoms with Crippen molar-refractivity contribution >= 4 is 33.0 Å². The quantitative estimate of drug-likeness (QED) is 0.194. The summed E-state index contributed by atoms with van der Waals surface area (Å²) in [4.78, 5) is 0. The van der Waals surface area contributed by atoms with Crippen molar-refractivity contribution in [1.82, 2.24) is 0 Å². The van der Waals surface area contributed by atoms with E-state index in [4.69, 9.17) is 11.6 Å². The molecule has 0 bridgehead atoms. The molecular formula is C42H29Cl. The monoisotopic (exact) mass is 568 g/mol. The zero-order valence-corrected chi connectivity index (χ0v) is 24.4. The van der Waals surface area contributed by atoms with E-state index in [-0.39, 0.29) is 0 Å². The standard InChI is InChI=1S/C42H29Cl/c43-42(34-26-14-5-15-27-34)41-39(33-24-12-4-13-25-33)36-29-17-16-28-35(36)38(32-22-10-3-11-23-32)40(41)37(30-18-6-1-7-19-30)31-20-8-2-9-21-31/h1-29H/b42-41-. The molecule has 1 heteroatoms. The molecule has 0 radical (unpaired) electrons. The van der Waals surface area contributed by atoms with Gasteiger partial charge in [0.2, 0.25) is 0 Å². The molecule has 0 aromatic heterocycles. The Balaban J connectivity index is 1.90. The van der Waals surface area contributed by atoms with Crippen molar-refractivity contribution in [2.45, 2.75) is 0 Å². The lowest BCUT2D eigenvalue weighted by atomic mass is 9.83. The summed E-state index contributed by atoms with van der Waals surface area (Å²) in [6.07, 6.45) is 0. The third-order valence-electron chi connectivity index (χ3n) is 7.96. The molecule has 7 aromatic rings. The summed E-state index contributed by atoms with van der Waals surface area (Å²) < 4.78 is 0. The van der Waals surface area contributed by atoms with Gasteiger partial charge in [0.25, 0.3) is 0 Å². The summed E-state index contributed by atoms with van der Waals surface area (Å²) in [5, 5.41) is 5.23. The molecule has 0 atom stereocenters. The number of halogens is 1. The first-order valence-corrected chi connectivity index (χ1v) is 14.9. The van der Waals surface area contributed by atoms with Crippen molar-refractivity contribution in [3.8, 4) is 22.3 Å². The Morgan fingerprint density at radius 1 is 0.326 bits per heavy atom. The van der Waals surface area contributed by atoms with Gasteiger partial charge in [-0.1, -0.05) is 188 Å². The predicted molar refractivity (Wildman–Crippen MR) is 183 cm³/mol. The molecule has 7 rings (SSSR count). The van der Waals surface area contributed by atoms with Crippen LogP contribution < -0.4 is 10.4 Å². The second-order valence-electron chi connectivity index (χ2n) is 10.6. The fourth-order valence-electron chi connectivity index (χ4n) is 6.11.